The van der Waals surface area contributed by atoms with E-state index in [1.165, 1.54) is 0 Å². The van der Waals surface area contributed by atoms with Gasteiger partial charge in [0.25, 0.3) is 0 Å². The maximum absolute atomic E-state index is 9.91. The summed E-state index contributed by atoms with van der Waals surface area (Å²) in [5, 5.41) is 2.60. The van der Waals surface area contributed by atoms with Crippen LogP contribution in [0.4, 0.5) is 0 Å². The van der Waals surface area contributed by atoms with Gasteiger partial charge in [-0.1, -0.05) is 0 Å². The molecule has 0 radical (unpaired) electrons. The van der Waals surface area contributed by atoms with E-state index in [4.69, 9.17) is 8.85 Å². The third-order valence-electron chi connectivity index (χ3n) is 1.90. The van der Waals surface area contributed by atoms with Crippen molar-refractivity contribution in [2.45, 2.75) is 19.0 Å². The van der Waals surface area contributed by atoms with Gasteiger partial charge in [-0.25, -0.2) is 0 Å². The minimum atomic E-state index is -1.90. The zero-order valence-corrected chi connectivity index (χ0v) is 8.92. The number of nitrogens with one attached hydrogen (secondary N) is 1. The molecule has 0 fully saturated rings. The molecule has 12 heavy (non-hydrogen) atoms. The Kier molecular flexibility index (Phi) is 5.96. The van der Waals surface area contributed by atoms with E-state index in [1.54, 1.807) is 14.2 Å². The van der Waals surface area contributed by atoms with E-state index in [0.29, 0.717) is 13.0 Å². The van der Waals surface area contributed by atoms with Gasteiger partial charge in [0.15, 0.2) is 0 Å². The Morgan fingerprint density at radius 1 is 1.42 bits per heavy atom. The Morgan fingerprint density at radius 3 is 2.42 bits per heavy atom. The van der Waals surface area contributed by atoms with E-state index in [-0.39, 0.29) is 0 Å². The minimum Gasteiger partial charge on any atom is -0.398 e. The van der Waals surface area contributed by atoms with E-state index in [9.17, 15) is 4.79 Å². The number of hydrogen-bond acceptors (Lipinski definition) is 3. The average molecular weight is 191 g/mol. The maximum Gasteiger partial charge on any atom is 0.334 e. The molecule has 0 saturated heterocycles. The van der Waals surface area contributed by atoms with Crippen LogP contribution >= 0.6 is 0 Å². The van der Waals surface area contributed by atoms with Gasteiger partial charge in [-0.15, -0.1) is 0 Å². The Balaban J connectivity index is 3.51. The number of carbonyl (C=O) groups is 1. The lowest BCUT2D eigenvalue weighted by molar-refractivity contribution is -0.109. The lowest BCUT2D eigenvalue weighted by Crippen LogP contribution is -2.36. The van der Waals surface area contributed by atoms with Crippen molar-refractivity contribution < 1.29 is 13.6 Å². The van der Waals surface area contributed by atoms with Crippen LogP contribution in [0.3, 0.4) is 0 Å². The summed E-state index contributed by atoms with van der Waals surface area (Å²) in [5.41, 5.74) is 0. The number of carbonyl (C=O) groups excluding carboxylic acids is 1. The average Bonchev–Trinajstić information content (AvgIpc) is 2.12. The third-order valence-corrected chi connectivity index (χ3v) is 4.89. The van der Waals surface area contributed by atoms with Crippen molar-refractivity contribution in [3.8, 4) is 0 Å². The van der Waals surface area contributed by atoms with Crippen molar-refractivity contribution in [2.75, 3.05) is 20.8 Å². The van der Waals surface area contributed by atoms with Crippen LogP contribution in [-0.4, -0.2) is 35.7 Å². The second-order valence-corrected chi connectivity index (χ2v) is 6.30. The van der Waals surface area contributed by atoms with E-state index < -0.39 is 8.56 Å². The van der Waals surface area contributed by atoms with Crippen molar-refractivity contribution in [1.82, 2.24) is 5.32 Å². The summed E-state index contributed by atoms with van der Waals surface area (Å²) >= 11 is 0. The van der Waals surface area contributed by atoms with E-state index >= 15 is 0 Å². The predicted octanol–water partition coefficient (Wildman–Crippen LogP) is 0.487. The summed E-state index contributed by atoms with van der Waals surface area (Å²) in [6.07, 6.45) is 1.61. The Morgan fingerprint density at radius 2 is 2.00 bits per heavy atom. The quantitative estimate of drug-likeness (QED) is 0.362. The van der Waals surface area contributed by atoms with Crippen LogP contribution in [-0.2, 0) is 13.6 Å². The molecule has 0 atom stereocenters. The Hall–Kier alpha value is -0.393. The first-order valence-electron chi connectivity index (χ1n) is 3.96. The van der Waals surface area contributed by atoms with Gasteiger partial charge < -0.3 is 14.2 Å². The molecule has 0 unspecified atom stereocenters. The molecule has 0 aromatic rings. The molecular formula is C7H17NO3Si. The molecule has 0 spiro atoms. The van der Waals surface area contributed by atoms with E-state index in [2.05, 4.69) is 5.32 Å². The van der Waals surface area contributed by atoms with Crippen LogP contribution in [0.5, 0.6) is 0 Å². The van der Waals surface area contributed by atoms with Gasteiger partial charge in [-0.05, 0) is 19.0 Å². The van der Waals surface area contributed by atoms with E-state index in [1.807, 2.05) is 6.55 Å². The van der Waals surface area contributed by atoms with Gasteiger partial charge in [0.2, 0.25) is 6.41 Å². The summed E-state index contributed by atoms with van der Waals surface area (Å²) in [7, 11) is 1.44. The smallest absolute Gasteiger partial charge is 0.334 e. The van der Waals surface area contributed by atoms with Crippen molar-refractivity contribution in [1.29, 1.82) is 0 Å². The molecular weight excluding hydrogens is 174 g/mol. The lowest BCUT2D eigenvalue weighted by atomic mass is 10.5. The minimum absolute atomic E-state index is 0.693. The van der Waals surface area contributed by atoms with Gasteiger partial charge in [-0.2, -0.15) is 0 Å². The lowest BCUT2D eigenvalue weighted by Gasteiger charge is -2.22. The summed E-state index contributed by atoms with van der Waals surface area (Å²) in [4.78, 5) is 9.91. The molecule has 0 bridgehead atoms. The zero-order valence-electron chi connectivity index (χ0n) is 7.92. The molecule has 1 amide bonds. The van der Waals surface area contributed by atoms with Gasteiger partial charge in [0.1, 0.15) is 0 Å². The van der Waals surface area contributed by atoms with Gasteiger partial charge in [0, 0.05) is 20.8 Å². The van der Waals surface area contributed by atoms with Crippen LogP contribution in [0.2, 0.25) is 12.6 Å². The molecule has 0 saturated carbocycles. The molecule has 72 valence electrons. The van der Waals surface area contributed by atoms with Crippen LogP contribution < -0.4 is 5.32 Å². The highest BCUT2D eigenvalue weighted by atomic mass is 28.4. The summed E-state index contributed by atoms with van der Waals surface area (Å²) < 4.78 is 10.5. The van der Waals surface area contributed by atoms with E-state index in [0.717, 1.165) is 12.5 Å². The summed E-state index contributed by atoms with van der Waals surface area (Å²) in [6.45, 7) is 2.70. The molecule has 4 nitrogen and oxygen atoms in total. The molecule has 0 aromatic heterocycles. The zero-order chi connectivity index (χ0) is 9.45. The molecule has 0 aliphatic heterocycles. The Bertz CT molecular complexity index is 128. The van der Waals surface area contributed by atoms with Gasteiger partial charge in [0.05, 0.1) is 0 Å². The molecule has 1 N–H and O–H groups in total. The highest BCUT2D eigenvalue weighted by Gasteiger charge is 2.27. The predicted molar refractivity (Wildman–Crippen MR) is 49.1 cm³/mol. The second-order valence-electron chi connectivity index (χ2n) is 2.72. The number of hydrogen-bond donors (Lipinski definition) is 1. The normalized spacial score (nSPS) is 11.2. The monoisotopic (exact) mass is 191 g/mol. The molecule has 0 heterocycles. The standard InChI is InChI=1S/C7H17NO3Si/c1-10-12(3,11-2)6-4-5-8-7-9/h7H,4-6H2,1-3H3,(H,8,9). The number of rotatable bonds is 7. The van der Waals surface area contributed by atoms with Crippen LogP contribution in [0.1, 0.15) is 6.42 Å². The summed E-state index contributed by atoms with van der Waals surface area (Å²) in [6, 6.07) is 0.904. The SMILES string of the molecule is CO[Si](C)(CCCNC=O)OC. The van der Waals surface area contributed by atoms with Gasteiger partial charge >= 0.3 is 8.56 Å². The first-order chi connectivity index (χ1) is 5.68. The van der Waals surface area contributed by atoms with Crippen LogP contribution in [0.15, 0.2) is 0 Å². The topological polar surface area (TPSA) is 47.6 Å². The third kappa shape index (κ3) is 4.48. The second kappa shape index (κ2) is 6.16. The fourth-order valence-corrected chi connectivity index (χ4v) is 2.25. The first kappa shape index (κ1) is 11.6. The molecule has 0 aliphatic rings. The van der Waals surface area contributed by atoms with Crippen molar-refractivity contribution in [3.63, 3.8) is 0 Å². The molecule has 0 rings (SSSR count). The number of amides is 1. The molecule has 5 heteroatoms. The molecule has 0 aliphatic carbocycles. The van der Waals surface area contributed by atoms with Crippen molar-refractivity contribution >= 4 is 15.0 Å². The largest absolute Gasteiger partial charge is 0.398 e. The van der Waals surface area contributed by atoms with Gasteiger partial charge in [-0.3, -0.25) is 4.79 Å². The maximum atomic E-state index is 9.91. The Labute approximate surface area is 74.5 Å². The van der Waals surface area contributed by atoms with Crippen LogP contribution in [0.25, 0.3) is 0 Å². The highest BCUT2D eigenvalue weighted by Crippen LogP contribution is 2.12. The fraction of sp³-hybridized carbons (Fsp3) is 0.857. The van der Waals surface area contributed by atoms with Crippen molar-refractivity contribution in [2.24, 2.45) is 0 Å². The van der Waals surface area contributed by atoms with Crippen molar-refractivity contribution in [3.05, 3.63) is 0 Å². The fourth-order valence-electron chi connectivity index (χ4n) is 0.858. The highest BCUT2D eigenvalue weighted by molar-refractivity contribution is 6.65. The van der Waals surface area contributed by atoms with Crippen LogP contribution in [0, 0.1) is 0 Å². The molecule has 0 aromatic carbocycles. The first-order valence-corrected chi connectivity index (χ1v) is 6.48. The summed E-state index contributed by atoms with van der Waals surface area (Å²) in [5.74, 6) is 0.